The molecule has 8 heavy (non-hydrogen) atoms. The minimum atomic E-state index is -0.647. The first kappa shape index (κ1) is 8.65. The maximum atomic E-state index is 2.46. The summed E-state index contributed by atoms with van der Waals surface area (Å²) in [5.74, 6) is 0. The highest BCUT2D eigenvalue weighted by Crippen LogP contribution is 1.98. The zero-order valence-corrected chi connectivity index (χ0v) is 9.50. The zero-order valence-electron chi connectivity index (χ0n) is 6.50. The average molecular weight is 159 g/mol. The molecule has 0 nitrogen and oxygen atoms in total. The summed E-state index contributed by atoms with van der Waals surface area (Å²) in [4.78, 5) is 0. The van der Waals surface area contributed by atoms with Crippen LogP contribution >= 0.6 is 0 Å². The van der Waals surface area contributed by atoms with Crippen molar-refractivity contribution in [1.29, 1.82) is 0 Å². The fourth-order valence-corrected chi connectivity index (χ4v) is 20.2. The van der Waals surface area contributed by atoms with Crippen LogP contribution in [0.25, 0.3) is 0 Å². The minimum absolute atomic E-state index is 0.0975. The summed E-state index contributed by atoms with van der Waals surface area (Å²) < 4.78 is 0. The fourth-order valence-electron chi connectivity index (χ4n) is 0.750. The molecule has 0 aromatic heterocycles. The van der Waals surface area contributed by atoms with Crippen LogP contribution in [0.1, 0.15) is 0 Å². The lowest BCUT2D eigenvalue weighted by atomic mass is 11.8. The first-order chi connectivity index (χ1) is 3.42. The third-order valence-electron chi connectivity index (χ3n) is 0.625. The second kappa shape index (κ2) is 2.98. The van der Waals surface area contributed by atoms with Crippen LogP contribution in [0, 0.1) is 0 Å². The van der Waals surface area contributed by atoms with Crippen LogP contribution in [0.5, 0.6) is 0 Å². The van der Waals surface area contributed by atoms with Crippen LogP contribution in [-0.2, 0) is 0 Å². The van der Waals surface area contributed by atoms with Crippen molar-refractivity contribution < 1.29 is 0 Å². The Bertz CT molecular complexity index is 62.6. The summed E-state index contributed by atoms with van der Waals surface area (Å²) >= 11 is 0. The van der Waals surface area contributed by atoms with Gasteiger partial charge in [-0.1, -0.05) is 32.7 Å². The third-order valence-corrected chi connectivity index (χ3v) is 16.9. The summed E-state index contributed by atoms with van der Waals surface area (Å²) in [6, 6.07) is 0. The van der Waals surface area contributed by atoms with Crippen molar-refractivity contribution in [3.8, 4) is 0 Å². The van der Waals surface area contributed by atoms with Crippen LogP contribution in [0.3, 0.4) is 0 Å². The van der Waals surface area contributed by atoms with Gasteiger partial charge in [0.15, 0.2) is 0 Å². The Morgan fingerprint density at radius 2 is 1.50 bits per heavy atom. The van der Waals surface area contributed by atoms with E-state index in [4.69, 9.17) is 0 Å². The molecule has 0 rings (SSSR count). The highest BCUT2D eigenvalue weighted by Gasteiger charge is 2.15. The maximum Gasteiger partial charge on any atom is 0.0295 e. The molecule has 0 aliphatic rings. The van der Waals surface area contributed by atoms with Gasteiger partial charge in [-0.15, -0.1) is 0 Å². The molecule has 0 fully saturated rings. The summed E-state index contributed by atoms with van der Waals surface area (Å²) in [6.45, 7) is 12.2. The fraction of sp³-hybridized carbons (Fsp3) is 1.00. The molecule has 0 bridgehead atoms. The summed E-state index contributed by atoms with van der Waals surface area (Å²) in [5.41, 5.74) is 0. The molecular formula is C5H15Si3. The molecule has 0 saturated carbocycles. The van der Waals surface area contributed by atoms with Crippen molar-refractivity contribution in [2.24, 2.45) is 0 Å². The molecule has 0 aromatic rings. The number of hydrogen-bond donors (Lipinski definition) is 0. The second-order valence-electron chi connectivity index (χ2n) is 3.38. The first-order valence-electron chi connectivity index (χ1n) is 3.00. The topological polar surface area (TPSA) is 0 Å². The van der Waals surface area contributed by atoms with Gasteiger partial charge < -0.3 is 0 Å². The molecule has 0 atom stereocenters. The van der Waals surface area contributed by atoms with Crippen LogP contribution in [0.15, 0.2) is 0 Å². The third kappa shape index (κ3) is 6.65. The molecule has 0 aliphatic heterocycles. The van der Waals surface area contributed by atoms with E-state index in [-0.39, 0.29) is 8.31 Å². The van der Waals surface area contributed by atoms with E-state index in [1.807, 2.05) is 0 Å². The standard InChI is InChI=1S/C5H15Si3/c1-7(2)6-8(3,4)5/h1-5H3. The van der Waals surface area contributed by atoms with E-state index < -0.39 is 7.59 Å². The predicted octanol–water partition coefficient (Wildman–Crippen LogP) is 1.78. The SMILES string of the molecule is C[Si](C)[Si][Si](C)(C)C. The smallest absolute Gasteiger partial charge is 0.0295 e. The highest BCUT2D eigenvalue weighted by molar-refractivity contribution is 7.46. The lowest BCUT2D eigenvalue weighted by molar-refractivity contribution is 1.86. The molecule has 0 amide bonds. The molecule has 0 saturated heterocycles. The van der Waals surface area contributed by atoms with Gasteiger partial charge in [0.05, 0.1) is 0 Å². The van der Waals surface area contributed by atoms with E-state index >= 15 is 0 Å². The molecule has 0 spiro atoms. The molecule has 3 heteroatoms. The largest absolute Gasteiger partial charge is 0.0739 e. The first-order valence-corrected chi connectivity index (χ1v) is 12.0. The van der Waals surface area contributed by atoms with Gasteiger partial charge in [0.2, 0.25) is 0 Å². The average Bonchev–Trinajstić information content (AvgIpc) is 1.21. The second-order valence-corrected chi connectivity index (χ2v) is 20.6. The Morgan fingerprint density at radius 3 is 1.50 bits per heavy atom. The summed E-state index contributed by atoms with van der Waals surface area (Å²) in [7, 11) is 0.789. The lowest BCUT2D eigenvalue weighted by Gasteiger charge is -2.15. The van der Waals surface area contributed by atoms with Crippen molar-refractivity contribution >= 4 is 24.5 Å². The molecular weight excluding hydrogens is 144 g/mol. The minimum Gasteiger partial charge on any atom is -0.0739 e. The Balaban J connectivity index is 3.39. The molecule has 0 unspecified atom stereocenters. The van der Waals surface area contributed by atoms with Crippen molar-refractivity contribution in [3.05, 3.63) is 0 Å². The highest BCUT2D eigenvalue weighted by atomic mass is 29.6. The molecule has 47 valence electrons. The van der Waals surface area contributed by atoms with Gasteiger partial charge in [0.25, 0.3) is 0 Å². The quantitative estimate of drug-likeness (QED) is 0.539. The monoisotopic (exact) mass is 159 g/mol. The van der Waals surface area contributed by atoms with Gasteiger partial charge in [0.1, 0.15) is 0 Å². The predicted molar refractivity (Wildman–Crippen MR) is 46.6 cm³/mol. The molecule has 0 aliphatic carbocycles. The van der Waals surface area contributed by atoms with Crippen molar-refractivity contribution in [1.82, 2.24) is 0 Å². The van der Waals surface area contributed by atoms with E-state index in [2.05, 4.69) is 32.7 Å². The Kier molecular flexibility index (Phi) is 3.23. The summed E-state index contributed by atoms with van der Waals surface area (Å²) in [5, 5.41) is 0. The van der Waals surface area contributed by atoms with E-state index in [0.29, 0.717) is 0 Å². The molecule has 0 N–H and O–H groups in total. The molecule has 3 radical (unpaired) electrons. The van der Waals surface area contributed by atoms with Gasteiger partial charge in [-0.25, -0.2) is 0 Å². The van der Waals surface area contributed by atoms with Gasteiger partial charge in [-0.05, 0) is 0 Å². The maximum absolute atomic E-state index is 2.46. The van der Waals surface area contributed by atoms with Crippen LogP contribution in [0.4, 0.5) is 0 Å². The van der Waals surface area contributed by atoms with Gasteiger partial charge >= 0.3 is 0 Å². The van der Waals surface area contributed by atoms with Crippen LogP contribution < -0.4 is 0 Å². The van der Waals surface area contributed by atoms with Crippen LogP contribution in [0.2, 0.25) is 32.7 Å². The van der Waals surface area contributed by atoms with E-state index in [1.165, 1.54) is 8.55 Å². The van der Waals surface area contributed by atoms with E-state index in [0.717, 1.165) is 0 Å². The van der Waals surface area contributed by atoms with E-state index in [1.54, 1.807) is 0 Å². The Hall–Kier alpha value is 0.651. The van der Waals surface area contributed by atoms with Gasteiger partial charge in [-0.2, -0.15) is 0 Å². The van der Waals surface area contributed by atoms with Gasteiger partial charge in [0, 0.05) is 24.5 Å². The number of hydrogen-bond acceptors (Lipinski definition) is 0. The lowest BCUT2D eigenvalue weighted by Crippen LogP contribution is -2.38. The Labute approximate surface area is 57.7 Å². The van der Waals surface area contributed by atoms with Gasteiger partial charge in [-0.3, -0.25) is 0 Å². The van der Waals surface area contributed by atoms with Crippen LogP contribution in [-0.4, -0.2) is 24.5 Å². The normalized spacial score (nSPS) is 12.8. The van der Waals surface area contributed by atoms with Crippen molar-refractivity contribution in [2.45, 2.75) is 32.7 Å². The Morgan fingerprint density at radius 1 is 1.12 bits per heavy atom. The van der Waals surface area contributed by atoms with E-state index in [9.17, 15) is 0 Å². The number of rotatable bonds is 2. The molecule has 0 aromatic carbocycles. The van der Waals surface area contributed by atoms with Crippen molar-refractivity contribution in [3.63, 3.8) is 0 Å². The molecule has 0 heterocycles. The zero-order chi connectivity index (χ0) is 6.78. The van der Waals surface area contributed by atoms with Crippen molar-refractivity contribution in [2.75, 3.05) is 0 Å². The summed E-state index contributed by atoms with van der Waals surface area (Å²) in [6.07, 6.45) is 0.